The second kappa shape index (κ2) is 5.59. The van der Waals surface area contributed by atoms with Crippen LogP contribution in [0, 0.1) is 5.82 Å². The van der Waals surface area contributed by atoms with E-state index in [0.717, 1.165) is 16.7 Å². The molecule has 3 rings (SSSR count). The van der Waals surface area contributed by atoms with Gasteiger partial charge in [-0.2, -0.15) is 5.10 Å². The molecule has 2 aromatic carbocycles. The van der Waals surface area contributed by atoms with E-state index >= 15 is 0 Å². The minimum Gasteiger partial charge on any atom is -0.237 e. The van der Waals surface area contributed by atoms with Gasteiger partial charge in [0.25, 0.3) is 0 Å². The molecule has 0 aliphatic rings. The maximum atomic E-state index is 14.1. The second-order valence-corrected chi connectivity index (χ2v) is 5.02. The SMILES string of the molecule is Fc1cc(CBr)ccc1-n1cc(-c2ccccc2)cn1. The monoisotopic (exact) mass is 330 g/mol. The normalized spacial score (nSPS) is 10.7. The summed E-state index contributed by atoms with van der Waals surface area (Å²) >= 11 is 3.32. The molecule has 2 nitrogen and oxygen atoms in total. The number of rotatable bonds is 3. The lowest BCUT2D eigenvalue weighted by Gasteiger charge is -2.04. The number of halogens is 2. The predicted octanol–water partition coefficient (Wildman–Crippen LogP) is 4.57. The summed E-state index contributed by atoms with van der Waals surface area (Å²) in [6, 6.07) is 15.1. The Morgan fingerprint density at radius 1 is 1.05 bits per heavy atom. The first-order chi connectivity index (χ1) is 9.78. The largest absolute Gasteiger partial charge is 0.237 e. The average molecular weight is 331 g/mol. The van der Waals surface area contributed by atoms with Gasteiger partial charge in [-0.25, -0.2) is 9.07 Å². The van der Waals surface area contributed by atoms with E-state index in [2.05, 4.69) is 21.0 Å². The molecule has 0 amide bonds. The Kier molecular flexibility index (Phi) is 3.65. The molecule has 0 spiro atoms. The molecule has 0 unspecified atom stereocenters. The van der Waals surface area contributed by atoms with Gasteiger partial charge >= 0.3 is 0 Å². The summed E-state index contributed by atoms with van der Waals surface area (Å²) in [5.41, 5.74) is 3.39. The smallest absolute Gasteiger partial charge is 0.149 e. The average Bonchev–Trinajstić information content (AvgIpc) is 2.97. The Morgan fingerprint density at radius 2 is 1.85 bits per heavy atom. The molecule has 0 aliphatic heterocycles. The first kappa shape index (κ1) is 13.1. The minimum absolute atomic E-state index is 0.273. The zero-order valence-corrected chi connectivity index (χ0v) is 12.2. The van der Waals surface area contributed by atoms with Gasteiger partial charge in [0.05, 0.1) is 6.20 Å². The molecule has 0 radical (unpaired) electrons. The van der Waals surface area contributed by atoms with Crippen molar-refractivity contribution in [1.82, 2.24) is 9.78 Å². The van der Waals surface area contributed by atoms with E-state index in [1.165, 1.54) is 6.07 Å². The third kappa shape index (κ3) is 2.51. The third-order valence-electron chi connectivity index (χ3n) is 3.10. The van der Waals surface area contributed by atoms with E-state index in [1.54, 1.807) is 16.9 Å². The lowest BCUT2D eigenvalue weighted by molar-refractivity contribution is 0.609. The quantitative estimate of drug-likeness (QED) is 0.643. The summed E-state index contributed by atoms with van der Waals surface area (Å²) in [7, 11) is 0. The van der Waals surface area contributed by atoms with Crippen molar-refractivity contribution in [2.24, 2.45) is 0 Å². The molecule has 100 valence electrons. The van der Waals surface area contributed by atoms with E-state index in [-0.39, 0.29) is 5.82 Å². The third-order valence-corrected chi connectivity index (χ3v) is 3.75. The zero-order chi connectivity index (χ0) is 13.9. The molecule has 0 saturated heterocycles. The Hall–Kier alpha value is -1.94. The molecule has 0 atom stereocenters. The van der Waals surface area contributed by atoms with Crippen LogP contribution in [0.1, 0.15) is 5.56 Å². The van der Waals surface area contributed by atoms with Crippen molar-refractivity contribution >= 4 is 15.9 Å². The fourth-order valence-electron chi connectivity index (χ4n) is 2.05. The summed E-state index contributed by atoms with van der Waals surface area (Å²) in [6.07, 6.45) is 3.58. The van der Waals surface area contributed by atoms with Gasteiger partial charge in [-0.3, -0.25) is 0 Å². The number of nitrogens with zero attached hydrogens (tertiary/aromatic N) is 2. The molecular weight excluding hydrogens is 319 g/mol. The summed E-state index contributed by atoms with van der Waals surface area (Å²) in [4.78, 5) is 0. The van der Waals surface area contributed by atoms with Crippen molar-refractivity contribution in [1.29, 1.82) is 0 Å². The van der Waals surface area contributed by atoms with E-state index in [1.807, 2.05) is 42.6 Å². The maximum Gasteiger partial charge on any atom is 0.149 e. The molecule has 0 saturated carbocycles. The topological polar surface area (TPSA) is 17.8 Å². The highest BCUT2D eigenvalue weighted by atomic mass is 79.9. The van der Waals surface area contributed by atoms with Gasteiger partial charge in [-0.05, 0) is 23.3 Å². The van der Waals surface area contributed by atoms with E-state index in [0.29, 0.717) is 11.0 Å². The van der Waals surface area contributed by atoms with Crippen LogP contribution in [0.15, 0.2) is 60.9 Å². The second-order valence-electron chi connectivity index (χ2n) is 4.46. The van der Waals surface area contributed by atoms with Crippen molar-refractivity contribution in [3.05, 3.63) is 72.3 Å². The van der Waals surface area contributed by atoms with Gasteiger partial charge in [0.2, 0.25) is 0 Å². The molecule has 0 N–H and O–H groups in total. The van der Waals surface area contributed by atoms with Gasteiger partial charge in [-0.15, -0.1) is 0 Å². The summed E-state index contributed by atoms with van der Waals surface area (Å²) in [5.74, 6) is -0.273. The highest BCUT2D eigenvalue weighted by molar-refractivity contribution is 9.08. The van der Waals surface area contributed by atoms with Crippen molar-refractivity contribution < 1.29 is 4.39 Å². The fourth-order valence-corrected chi connectivity index (χ4v) is 2.40. The number of benzene rings is 2. The molecular formula is C16H12BrFN2. The Balaban J connectivity index is 1.98. The van der Waals surface area contributed by atoms with Crippen molar-refractivity contribution in [3.63, 3.8) is 0 Å². The molecule has 4 heteroatoms. The summed E-state index contributed by atoms with van der Waals surface area (Å²) < 4.78 is 15.6. The van der Waals surface area contributed by atoms with Gasteiger partial charge in [0.15, 0.2) is 0 Å². The van der Waals surface area contributed by atoms with Crippen LogP contribution in [0.4, 0.5) is 4.39 Å². The Bertz CT molecular complexity index is 722. The van der Waals surface area contributed by atoms with Crippen LogP contribution in [0.3, 0.4) is 0 Å². The van der Waals surface area contributed by atoms with Gasteiger partial charge in [0, 0.05) is 17.1 Å². The van der Waals surface area contributed by atoms with E-state index in [4.69, 9.17) is 0 Å². The molecule has 3 aromatic rings. The molecule has 0 fully saturated rings. The number of aromatic nitrogens is 2. The Morgan fingerprint density at radius 3 is 2.55 bits per heavy atom. The highest BCUT2D eigenvalue weighted by Gasteiger charge is 2.08. The molecule has 20 heavy (non-hydrogen) atoms. The van der Waals surface area contributed by atoms with Crippen LogP contribution in [0.25, 0.3) is 16.8 Å². The van der Waals surface area contributed by atoms with Gasteiger partial charge in [0.1, 0.15) is 11.5 Å². The van der Waals surface area contributed by atoms with E-state index in [9.17, 15) is 4.39 Å². The zero-order valence-electron chi connectivity index (χ0n) is 10.6. The number of hydrogen-bond acceptors (Lipinski definition) is 1. The van der Waals surface area contributed by atoms with Crippen LogP contribution >= 0.6 is 15.9 Å². The molecule has 1 heterocycles. The first-order valence-electron chi connectivity index (χ1n) is 6.23. The van der Waals surface area contributed by atoms with Crippen LogP contribution in [-0.4, -0.2) is 9.78 Å². The predicted molar refractivity (Wildman–Crippen MR) is 81.6 cm³/mol. The van der Waals surface area contributed by atoms with Gasteiger partial charge in [-0.1, -0.05) is 52.3 Å². The molecule has 0 bridgehead atoms. The maximum absolute atomic E-state index is 14.1. The van der Waals surface area contributed by atoms with E-state index < -0.39 is 0 Å². The van der Waals surface area contributed by atoms with Crippen molar-refractivity contribution in [2.75, 3.05) is 0 Å². The standard InChI is InChI=1S/C16H12BrFN2/c17-9-12-6-7-16(15(18)8-12)20-11-14(10-19-20)13-4-2-1-3-5-13/h1-8,10-11H,9H2. The van der Waals surface area contributed by atoms with Crippen LogP contribution in [0.2, 0.25) is 0 Å². The molecule has 0 aliphatic carbocycles. The first-order valence-corrected chi connectivity index (χ1v) is 7.35. The van der Waals surface area contributed by atoms with Crippen molar-refractivity contribution in [2.45, 2.75) is 5.33 Å². The van der Waals surface area contributed by atoms with Crippen LogP contribution in [0.5, 0.6) is 0 Å². The lowest BCUT2D eigenvalue weighted by atomic mass is 10.1. The van der Waals surface area contributed by atoms with Gasteiger partial charge < -0.3 is 0 Å². The Labute approximate surface area is 125 Å². The molecule has 1 aromatic heterocycles. The summed E-state index contributed by atoms with van der Waals surface area (Å²) in [6.45, 7) is 0. The fraction of sp³-hybridized carbons (Fsp3) is 0.0625. The lowest BCUT2D eigenvalue weighted by Crippen LogP contribution is -1.98. The van der Waals surface area contributed by atoms with Crippen LogP contribution in [-0.2, 0) is 5.33 Å². The highest BCUT2D eigenvalue weighted by Crippen LogP contribution is 2.21. The van der Waals surface area contributed by atoms with Crippen molar-refractivity contribution in [3.8, 4) is 16.8 Å². The number of hydrogen-bond donors (Lipinski definition) is 0. The van der Waals surface area contributed by atoms with Crippen LogP contribution < -0.4 is 0 Å². The minimum atomic E-state index is -0.273. The number of alkyl halides is 1. The summed E-state index contributed by atoms with van der Waals surface area (Å²) in [5, 5.41) is 4.88.